The fourth-order valence-corrected chi connectivity index (χ4v) is 2.66. The standard InChI is InChI=1S/C18H18N4O5/c1-18(16(25)21-17(26)22-18)11-4-2-5-12(10-11)20-14(23)7-8-19-15(24)13-6-3-9-27-13/h2-6,9-10H,7-8H2,1H3,(H,19,24)(H,20,23)(H2,21,22,25,26)/t18-/m0/s1. The van der Waals surface area contributed by atoms with Gasteiger partial charge >= 0.3 is 6.03 Å². The summed E-state index contributed by atoms with van der Waals surface area (Å²) in [6.45, 7) is 1.72. The van der Waals surface area contributed by atoms with Crippen LogP contribution in [0, 0.1) is 0 Å². The molecule has 0 spiro atoms. The highest BCUT2D eigenvalue weighted by atomic mass is 16.3. The second kappa shape index (κ2) is 7.32. The molecule has 140 valence electrons. The van der Waals surface area contributed by atoms with Crippen molar-refractivity contribution < 1.29 is 23.6 Å². The van der Waals surface area contributed by atoms with E-state index in [0.29, 0.717) is 11.3 Å². The molecular formula is C18H18N4O5. The SMILES string of the molecule is C[C@@]1(c2cccc(NC(=O)CCNC(=O)c3ccco3)c2)NC(=O)NC1=O. The van der Waals surface area contributed by atoms with E-state index in [2.05, 4.69) is 21.3 Å². The Morgan fingerprint density at radius 2 is 2.00 bits per heavy atom. The molecule has 1 saturated heterocycles. The van der Waals surface area contributed by atoms with Gasteiger partial charge in [0.2, 0.25) is 5.91 Å². The second-order valence-electron chi connectivity index (χ2n) is 6.15. The summed E-state index contributed by atoms with van der Waals surface area (Å²) in [6.07, 6.45) is 1.45. The van der Waals surface area contributed by atoms with E-state index in [1.165, 1.54) is 12.3 Å². The third-order valence-corrected chi connectivity index (χ3v) is 4.15. The van der Waals surface area contributed by atoms with Gasteiger partial charge in [-0.05, 0) is 36.8 Å². The number of amides is 5. The number of hydrogen-bond acceptors (Lipinski definition) is 5. The van der Waals surface area contributed by atoms with Gasteiger partial charge in [0.1, 0.15) is 5.54 Å². The molecule has 0 saturated carbocycles. The summed E-state index contributed by atoms with van der Waals surface area (Å²) in [5, 5.41) is 10.0. The van der Waals surface area contributed by atoms with Gasteiger partial charge in [-0.2, -0.15) is 0 Å². The molecule has 1 aromatic heterocycles. The topological polar surface area (TPSA) is 130 Å². The summed E-state index contributed by atoms with van der Waals surface area (Å²) in [5.74, 6) is -0.993. The number of rotatable bonds is 6. The lowest BCUT2D eigenvalue weighted by Crippen LogP contribution is -2.40. The monoisotopic (exact) mass is 370 g/mol. The number of carbonyl (C=O) groups excluding carboxylic acids is 4. The number of anilines is 1. The molecule has 1 aromatic carbocycles. The summed E-state index contributed by atoms with van der Waals surface area (Å²) in [5.41, 5.74) is -0.186. The van der Waals surface area contributed by atoms with Gasteiger partial charge in [0.25, 0.3) is 11.8 Å². The maximum absolute atomic E-state index is 12.1. The lowest BCUT2D eigenvalue weighted by molar-refractivity contribution is -0.123. The Balaban J connectivity index is 1.56. The van der Waals surface area contributed by atoms with Gasteiger partial charge < -0.3 is 20.4 Å². The van der Waals surface area contributed by atoms with Crippen molar-refractivity contribution in [3.63, 3.8) is 0 Å². The van der Waals surface area contributed by atoms with Crippen LogP contribution in [0.25, 0.3) is 0 Å². The first-order valence-electron chi connectivity index (χ1n) is 8.24. The van der Waals surface area contributed by atoms with Crippen LogP contribution in [0.3, 0.4) is 0 Å². The average molecular weight is 370 g/mol. The van der Waals surface area contributed by atoms with Gasteiger partial charge in [-0.1, -0.05) is 12.1 Å². The number of urea groups is 1. The third kappa shape index (κ3) is 3.97. The molecule has 0 unspecified atom stereocenters. The predicted octanol–water partition coefficient (Wildman–Crippen LogP) is 1.09. The quantitative estimate of drug-likeness (QED) is 0.566. The largest absolute Gasteiger partial charge is 0.459 e. The van der Waals surface area contributed by atoms with E-state index in [1.54, 1.807) is 37.3 Å². The Hall–Kier alpha value is -3.62. The van der Waals surface area contributed by atoms with Crippen LogP contribution in [-0.4, -0.2) is 30.3 Å². The first-order chi connectivity index (χ1) is 12.9. The molecule has 4 N–H and O–H groups in total. The summed E-state index contributed by atoms with van der Waals surface area (Å²) in [7, 11) is 0. The van der Waals surface area contributed by atoms with Crippen LogP contribution >= 0.6 is 0 Å². The minimum Gasteiger partial charge on any atom is -0.459 e. The molecule has 27 heavy (non-hydrogen) atoms. The van der Waals surface area contributed by atoms with Gasteiger partial charge in [-0.25, -0.2) is 4.79 Å². The smallest absolute Gasteiger partial charge is 0.322 e. The molecule has 2 heterocycles. The zero-order valence-corrected chi connectivity index (χ0v) is 14.5. The molecule has 0 bridgehead atoms. The zero-order valence-electron chi connectivity index (χ0n) is 14.5. The van der Waals surface area contributed by atoms with E-state index < -0.39 is 23.4 Å². The molecule has 9 heteroatoms. The number of nitrogens with one attached hydrogen (secondary N) is 4. The molecule has 1 aliphatic rings. The van der Waals surface area contributed by atoms with Crippen molar-refractivity contribution in [1.82, 2.24) is 16.0 Å². The van der Waals surface area contributed by atoms with E-state index in [1.807, 2.05) is 0 Å². The fourth-order valence-electron chi connectivity index (χ4n) is 2.66. The lowest BCUT2D eigenvalue weighted by Gasteiger charge is -2.21. The van der Waals surface area contributed by atoms with E-state index in [0.717, 1.165) is 0 Å². The fraction of sp³-hybridized carbons (Fsp3) is 0.222. The van der Waals surface area contributed by atoms with Crippen LogP contribution in [-0.2, 0) is 15.1 Å². The van der Waals surface area contributed by atoms with Crippen molar-refractivity contribution in [2.75, 3.05) is 11.9 Å². The van der Waals surface area contributed by atoms with Crippen molar-refractivity contribution in [2.24, 2.45) is 0 Å². The molecule has 3 rings (SSSR count). The lowest BCUT2D eigenvalue weighted by atomic mass is 9.92. The molecule has 5 amide bonds. The van der Waals surface area contributed by atoms with Crippen molar-refractivity contribution >= 4 is 29.4 Å². The van der Waals surface area contributed by atoms with Gasteiger partial charge in [0.05, 0.1) is 6.26 Å². The number of furan rings is 1. The van der Waals surface area contributed by atoms with Gasteiger partial charge in [-0.3, -0.25) is 19.7 Å². The Morgan fingerprint density at radius 3 is 2.67 bits per heavy atom. The first-order valence-corrected chi connectivity index (χ1v) is 8.24. The Bertz CT molecular complexity index is 893. The molecule has 2 aromatic rings. The van der Waals surface area contributed by atoms with Crippen LogP contribution in [0.2, 0.25) is 0 Å². The average Bonchev–Trinajstić information content (AvgIpc) is 3.24. The van der Waals surface area contributed by atoms with Crippen molar-refractivity contribution in [3.8, 4) is 0 Å². The maximum Gasteiger partial charge on any atom is 0.322 e. The van der Waals surface area contributed by atoms with Crippen molar-refractivity contribution in [1.29, 1.82) is 0 Å². The van der Waals surface area contributed by atoms with Crippen LogP contribution < -0.4 is 21.3 Å². The summed E-state index contributed by atoms with van der Waals surface area (Å²) in [6, 6.07) is 9.20. The molecule has 0 aliphatic carbocycles. The highest BCUT2D eigenvalue weighted by Crippen LogP contribution is 2.26. The number of hydrogen-bond donors (Lipinski definition) is 4. The van der Waals surface area contributed by atoms with Crippen LogP contribution in [0.1, 0.15) is 29.5 Å². The van der Waals surface area contributed by atoms with Crippen LogP contribution in [0.15, 0.2) is 47.1 Å². The summed E-state index contributed by atoms with van der Waals surface area (Å²) >= 11 is 0. The van der Waals surface area contributed by atoms with E-state index in [-0.39, 0.29) is 24.6 Å². The van der Waals surface area contributed by atoms with Crippen molar-refractivity contribution in [3.05, 3.63) is 54.0 Å². The van der Waals surface area contributed by atoms with Crippen LogP contribution in [0.4, 0.5) is 10.5 Å². The number of imide groups is 1. The summed E-state index contributed by atoms with van der Waals surface area (Å²) in [4.78, 5) is 47.2. The van der Waals surface area contributed by atoms with Gasteiger partial charge in [-0.15, -0.1) is 0 Å². The maximum atomic E-state index is 12.1. The molecular weight excluding hydrogens is 352 g/mol. The number of carbonyl (C=O) groups is 4. The van der Waals surface area contributed by atoms with Crippen molar-refractivity contribution in [2.45, 2.75) is 18.9 Å². The first kappa shape index (κ1) is 18.2. The molecule has 0 radical (unpaired) electrons. The van der Waals surface area contributed by atoms with E-state index >= 15 is 0 Å². The highest BCUT2D eigenvalue weighted by Gasteiger charge is 2.43. The third-order valence-electron chi connectivity index (χ3n) is 4.15. The second-order valence-corrected chi connectivity index (χ2v) is 6.15. The predicted molar refractivity (Wildman–Crippen MR) is 94.8 cm³/mol. The minimum atomic E-state index is -1.20. The molecule has 9 nitrogen and oxygen atoms in total. The Labute approximate surface area is 154 Å². The van der Waals surface area contributed by atoms with Gasteiger partial charge in [0, 0.05) is 18.7 Å². The number of benzene rings is 1. The Morgan fingerprint density at radius 1 is 1.19 bits per heavy atom. The summed E-state index contributed by atoms with van der Waals surface area (Å²) < 4.78 is 4.96. The molecule has 1 atom stereocenters. The zero-order chi connectivity index (χ0) is 19.4. The van der Waals surface area contributed by atoms with Crippen LogP contribution in [0.5, 0.6) is 0 Å². The van der Waals surface area contributed by atoms with E-state index in [4.69, 9.17) is 4.42 Å². The molecule has 1 aliphatic heterocycles. The van der Waals surface area contributed by atoms with Gasteiger partial charge in [0.15, 0.2) is 5.76 Å². The Kier molecular flexibility index (Phi) is 4.93. The molecule has 1 fully saturated rings. The highest BCUT2D eigenvalue weighted by molar-refractivity contribution is 6.07. The normalized spacial score (nSPS) is 18.6. The van der Waals surface area contributed by atoms with E-state index in [9.17, 15) is 19.2 Å². The minimum absolute atomic E-state index is 0.0607.